The fourth-order valence-electron chi connectivity index (χ4n) is 2.55. The largest absolute Gasteiger partial charge is 0.490 e. The topological polar surface area (TPSA) is 183 Å². The normalized spacial score (nSPS) is 11.6. The molecule has 0 aliphatic heterocycles. The summed E-state index contributed by atoms with van der Waals surface area (Å²) in [5, 5.41) is 21.5. The molecule has 0 fully saturated rings. The molecule has 200 valence electrons. The lowest BCUT2D eigenvalue weighted by Gasteiger charge is -2.18. The lowest BCUT2D eigenvalue weighted by molar-refractivity contribution is -0.192. The Labute approximate surface area is 229 Å². The lowest BCUT2D eigenvalue weighted by Crippen LogP contribution is -2.39. The number of carboxylic acids is 2. The minimum absolute atomic E-state index is 0.290. The molecule has 0 aliphatic rings. The molecule has 7 N–H and O–H groups in total. The van der Waals surface area contributed by atoms with Crippen molar-refractivity contribution >= 4 is 74.3 Å². The number of nitrogens with two attached hydrogens (primary N) is 1. The Balaban J connectivity index is 0.000000856. The molecule has 0 aliphatic carbocycles. The van der Waals surface area contributed by atoms with E-state index in [0.29, 0.717) is 16.8 Å². The number of alkyl halides is 3. The van der Waals surface area contributed by atoms with E-state index in [1.165, 1.54) is 12.4 Å². The van der Waals surface area contributed by atoms with E-state index in [9.17, 15) is 32.7 Å². The van der Waals surface area contributed by atoms with Gasteiger partial charge in [-0.15, -0.1) is 0 Å². The Morgan fingerprint density at radius 3 is 2.32 bits per heavy atom. The zero-order valence-electron chi connectivity index (χ0n) is 18.6. The zero-order valence-corrected chi connectivity index (χ0v) is 22.3. The summed E-state index contributed by atoms with van der Waals surface area (Å²) in [5.41, 5.74) is 3.74. The molecule has 0 bridgehead atoms. The van der Waals surface area contributed by atoms with E-state index in [-0.39, 0.29) is 13.0 Å². The number of aliphatic carboxylic acids is 2. The minimum Gasteiger partial charge on any atom is -0.481 e. The van der Waals surface area contributed by atoms with Crippen molar-refractivity contribution in [2.45, 2.75) is 18.6 Å². The molecule has 37 heavy (non-hydrogen) atoms. The molecule has 2 aromatic rings. The average molecular weight is 702 g/mol. The predicted octanol–water partition coefficient (Wildman–Crippen LogP) is 2.87. The van der Waals surface area contributed by atoms with Gasteiger partial charge in [-0.05, 0) is 64.6 Å². The number of hydrogen-bond donors (Lipinski definition) is 6. The van der Waals surface area contributed by atoms with E-state index in [0.717, 1.165) is 8.04 Å². The van der Waals surface area contributed by atoms with E-state index in [1.54, 1.807) is 30.3 Å². The third-order valence-electron chi connectivity index (χ3n) is 4.05. The SMILES string of the molecule is NNC=Nc1cccc(C(=O)NCC(=O)NC(CC(=O)O)c2cc(Br)cc(I)c2)c1.O=C(O)C(F)(F)F. The van der Waals surface area contributed by atoms with Gasteiger partial charge in [0.15, 0.2) is 0 Å². The van der Waals surface area contributed by atoms with Crippen molar-refractivity contribution in [3.63, 3.8) is 0 Å². The van der Waals surface area contributed by atoms with Crippen molar-refractivity contribution in [1.29, 1.82) is 0 Å². The van der Waals surface area contributed by atoms with Crippen LogP contribution in [0.5, 0.6) is 0 Å². The first kappa shape index (κ1) is 31.8. The summed E-state index contributed by atoms with van der Waals surface area (Å²) < 4.78 is 33.4. The molecule has 2 amide bonds. The van der Waals surface area contributed by atoms with E-state index < -0.39 is 36.0 Å². The maximum Gasteiger partial charge on any atom is 0.490 e. The Kier molecular flexibility index (Phi) is 13.0. The number of aliphatic imine (C=N–C) groups is 1. The second-order valence-electron chi connectivity index (χ2n) is 6.88. The minimum atomic E-state index is -5.08. The number of carbonyl (C=O) groups is 4. The number of carboxylic acid groups (broad SMARTS) is 2. The van der Waals surface area contributed by atoms with Crippen LogP contribution < -0.4 is 21.9 Å². The van der Waals surface area contributed by atoms with E-state index in [2.05, 4.69) is 59.6 Å². The van der Waals surface area contributed by atoms with Gasteiger partial charge in [-0.25, -0.2) is 15.6 Å². The van der Waals surface area contributed by atoms with Gasteiger partial charge in [0, 0.05) is 13.6 Å². The quantitative estimate of drug-likeness (QED) is 0.0759. The lowest BCUT2D eigenvalue weighted by atomic mass is 10.0. The Bertz CT molecular complexity index is 1150. The summed E-state index contributed by atoms with van der Waals surface area (Å²) in [6.45, 7) is -0.308. The van der Waals surface area contributed by atoms with Crippen molar-refractivity contribution in [3.05, 3.63) is 61.6 Å². The van der Waals surface area contributed by atoms with Crippen LogP contribution in [0.25, 0.3) is 0 Å². The number of carbonyl (C=O) groups excluding carboxylic acids is 2. The molecule has 0 aromatic heterocycles. The molecule has 1 atom stereocenters. The van der Waals surface area contributed by atoms with Crippen LogP contribution in [0.1, 0.15) is 28.4 Å². The second kappa shape index (κ2) is 15.1. The summed E-state index contributed by atoms with van der Waals surface area (Å²) in [6.07, 6.45) is -4.10. The summed E-state index contributed by atoms with van der Waals surface area (Å²) in [4.78, 5) is 48.8. The van der Waals surface area contributed by atoms with Crippen LogP contribution in [0.4, 0.5) is 18.9 Å². The third-order valence-corrected chi connectivity index (χ3v) is 5.13. The van der Waals surface area contributed by atoms with E-state index in [1.807, 2.05) is 6.07 Å². The highest BCUT2D eigenvalue weighted by molar-refractivity contribution is 14.1. The molecular weight excluding hydrogens is 682 g/mol. The van der Waals surface area contributed by atoms with Gasteiger partial charge in [0.05, 0.1) is 24.7 Å². The highest BCUT2D eigenvalue weighted by atomic mass is 127. The maximum atomic E-state index is 12.3. The second-order valence-corrected chi connectivity index (χ2v) is 9.04. The number of benzene rings is 2. The number of nitrogens with one attached hydrogen (secondary N) is 3. The summed E-state index contributed by atoms with van der Waals surface area (Å²) in [6, 6.07) is 11.1. The first-order chi connectivity index (χ1) is 17.2. The van der Waals surface area contributed by atoms with Crippen LogP contribution in [0.15, 0.2) is 51.9 Å². The number of amides is 2. The Morgan fingerprint density at radius 1 is 1.14 bits per heavy atom. The van der Waals surface area contributed by atoms with Gasteiger partial charge in [-0.2, -0.15) is 13.2 Å². The standard InChI is InChI=1S/C19H19BrIN5O4.C2HF3O2/c20-13-4-12(5-14(21)7-13)16(8-18(28)29)26-17(27)9-23-19(30)11-2-1-3-15(6-11)24-10-25-22;3-2(4,5)1(6)7/h1-7,10,16H,8-9,22H2,(H,23,30)(H,24,25)(H,26,27)(H,28,29);(H,6,7). The molecule has 1 unspecified atom stereocenters. The van der Waals surface area contributed by atoms with E-state index >= 15 is 0 Å². The van der Waals surface area contributed by atoms with Crippen LogP contribution in [0, 0.1) is 3.57 Å². The summed E-state index contributed by atoms with van der Waals surface area (Å²) in [5.74, 6) is 0.340. The van der Waals surface area contributed by atoms with Gasteiger partial charge in [-0.1, -0.05) is 22.0 Å². The number of hydrazine groups is 1. The van der Waals surface area contributed by atoms with Crippen molar-refractivity contribution in [3.8, 4) is 0 Å². The summed E-state index contributed by atoms with van der Waals surface area (Å²) in [7, 11) is 0. The van der Waals surface area contributed by atoms with Gasteiger partial charge < -0.3 is 26.3 Å². The molecule has 0 saturated heterocycles. The van der Waals surface area contributed by atoms with Crippen LogP contribution >= 0.6 is 38.5 Å². The molecular formula is C21H20BrF3IN5O6. The van der Waals surface area contributed by atoms with Crippen molar-refractivity contribution in [2.75, 3.05) is 6.54 Å². The van der Waals surface area contributed by atoms with Crippen LogP contribution in [0.3, 0.4) is 0 Å². The Morgan fingerprint density at radius 2 is 1.78 bits per heavy atom. The average Bonchev–Trinajstić information content (AvgIpc) is 2.80. The molecule has 0 radical (unpaired) electrons. The first-order valence-corrected chi connectivity index (χ1v) is 11.7. The van der Waals surface area contributed by atoms with Gasteiger partial charge >= 0.3 is 18.1 Å². The van der Waals surface area contributed by atoms with Gasteiger partial charge in [-0.3, -0.25) is 14.4 Å². The van der Waals surface area contributed by atoms with Crippen molar-refractivity contribution in [1.82, 2.24) is 16.1 Å². The maximum absolute atomic E-state index is 12.3. The van der Waals surface area contributed by atoms with Crippen molar-refractivity contribution < 1.29 is 42.6 Å². The first-order valence-electron chi connectivity index (χ1n) is 9.87. The molecule has 16 heteroatoms. The number of nitrogens with zero attached hydrogens (tertiary/aromatic N) is 1. The third kappa shape index (κ3) is 12.5. The van der Waals surface area contributed by atoms with Gasteiger partial charge in [0.2, 0.25) is 5.91 Å². The fraction of sp³-hybridized carbons (Fsp3) is 0.190. The molecule has 0 heterocycles. The Hall–Kier alpha value is -3.25. The molecule has 0 spiro atoms. The highest BCUT2D eigenvalue weighted by Crippen LogP contribution is 2.24. The monoisotopic (exact) mass is 701 g/mol. The smallest absolute Gasteiger partial charge is 0.481 e. The molecule has 0 saturated carbocycles. The molecule has 2 aromatic carbocycles. The van der Waals surface area contributed by atoms with Crippen LogP contribution in [0.2, 0.25) is 0 Å². The molecule has 2 rings (SSSR count). The zero-order chi connectivity index (χ0) is 28.2. The van der Waals surface area contributed by atoms with Crippen LogP contribution in [-0.4, -0.2) is 53.0 Å². The summed E-state index contributed by atoms with van der Waals surface area (Å²) >= 11 is 5.47. The fourth-order valence-corrected chi connectivity index (χ4v) is 4.18. The van der Waals surface area contributed by atoms with E-state index in [4.69, 9.17) is 15.7 Å². The van der Waals surface area contributed by atoms with Crippen molar-refractivity contribution in [2.24, 2.45) is 10.8 Å². The number of halogens is 5. The highest BCUT2D eigenvalue weighted by Gasteiger charge is 2.38. The number of hydrogen-bond acceptors (Lipinski definition) is 6. The number of rotatable bonds is 9. The molecule has 11 nitrogen and oxygen atoms in total. The predicted molar refractivity (Wildman–Crippen MR) is 138 cm³/mol. The van der Waals surface area contributed by atoms with Gasteiger partial charge in [0.25, 0.3) is 5.91 Å². The van der Waals surface area contributed by atoms with Crippen LogP contribution in [-0.2, 0) is 14.4 Å². The van der Waals surface area contributed by atoms with Gasteiger partial charge in [0.1, 0.15) is 6.34 Å².